The van der Waals surface area contributed by atoms with Gasteiger partial charge in [0.1, 0.15) is 24.4 Å². The van der Waals surface area contributed by atoms with Crippen LogP contribution in [0.15, 0.2) is 30.7 Å². The lowest BCUT2D eigenvalue weighted by Crippen LogP contribution is -2.50. The van der Waals surface area contributed by atoms with Crippen molar-refractivity contribution in [3.8, 4) is 11.4 Å². The molecule has 12 heteroatoms. The number of halogens is 1. The summed E-state index contributed by atoms with van der Waals surface area (Å²) in [6, 6.07) is 5.25. The molecule has 0 radical (unpaired) electrons. The van der Waals surface area contributed by atoms with Gasteiger partial charge in [0, 0.05) is 12.7 Å². The van der Waals surface area contributed by atoms with Gasteiger partial charge in [-0.15, -0.1) is 5.10 Å². The molecule has 0 saturated carbocycles. The summed E-state index contributed by atoms with van der Waals surface area (Å²) in [5, 5.41) is 26.5. The molecule has 1 aromatic carbocycles. The van der Waals surface area contributed by atoms with Crippen molar-refractivity contribution in [3.63, 3.8) is 0 Å². The number of nitrogens with zero attached hydrogens (tertiary/aromatic N) is 6. The average molecular weight is 402 g/mol. The first kappa shape index (κ1) is 19.0. The highest BCUT2D eigenvalue weighted by Gasteiger charge is 2.39. The lowest BCUT2D eigenvalue weighted by molar-refractivity contribution is -0.153. The minimum Gasteiger partial charge on any atom is -0.490 e. The zero-order chi connectivity index (χ0) is 20.3. The van der Waals surface area contributed by atoms with E-state index in [1.165, 1.54) is 11.0 Å². The first-order valence-electron chi connectivity index (χ1n) is 8.79. The summed E-state index contributed by atoms with van der Waals surface area (Å²) >= 11 is 0. The van der Waals surface area contributed by atoms with E-state index in [4.69, 9.17) is 9.47 Å². The quantitative estimate of drug-likeness (QED) is 0.496. The molecule has 11 nitrogen and oxygen atoms in total. The maximum absolute atomic E-state index is 13.6. The van der Waals surface area contributed by atoms with E-state index < -0.39 is 11.2 Å². The average Bonchev–Trinajstić information content (AvgIpc) is 3.24. The Hall–Kier alpha value is -3.38. The molecule has 0 unspecified atom stereocenters. The van der Waals surface area contributed by atoms with Crippen LogP contribution in [0.25, 0.3) is 5.69 Å². The van der Waals surface area contributed by atoms with Gasteiger partial charge in [-0.3, -0.25) is 0 Å². The molecule has 1 aliphatic heterocycles. The SMILES string of the molecule is CNc1nc(Nc2ccc(OCC3(CO)COC3)c(-n3cnnn3)c2)ncc1F. The molecule has 2 aromatic heterocycles. The standard InChI is InChI=1S/C17H19FN8O3/c1-19-15-12(18)5-20-16(23-15)22-11-2-3-14(13(4-11)26-10-21-24-25-26)29-9-17(6-27)7-28-8-17/h2-5,10,27H,6-9H2,1H3,(H2,19,20,22,23). The van der Waals surface area contributed by atoms with E-state index in [-0.39, 0.29) is 25.0 Å². The largest absolute Gasteiger partial charge is 0.490 e. The normalized spacial score (nSPS) is 14.9. The maximum Gasteiger partial charge on any atom is 0.229 e. The molecule has 1 aliphatic rings. The third-order valence-corrected chi connectivity index (χ3v) is 4.48. The smallest absolute Gasteiger partial charge is 0.229 e. The Morgan fingerprint density at radius 1 is 1.38 bits per heavy atom. The molecule has 0 amide bonds. The van der Waals surface area contributed by atoms with E-state index in [2.05, 4.69) is 36.1 Å². The lowest BCUT2D eigenvalue weighted by Gasteiger charge is -2.39. The van der Waals surface area contributed by atoms with E-state index in [0.29, 0.717) is 30.3 Å². The van der Waals surface area contributed by atoms with Gasteiger partial charge >= 0.3 is 0 Å². The van der Waals surface area contributed by atoms with E-state index in [9.17, 15) is 9.50 Å². The van der Waals surface area contributed by atoms with Crippen LogP contribution in [0.3, 0.4) is 0 Å². The van der Waals surface area contributed by atoms with E-state index >= 15 is 0 Å². The number of tetrazole rings is 1. The van der Waals surface area contributed by atoms with Crippen molar-refractivity contribution in [2.75, 3.05) is 44.1 Å². The van der Waals surface area contributed by atoms with Crippen molar-refractivity contribution < 1.29 is 19.0 Å². The van der Waals surface area contributed by atoms with Gasteiger partial charge in [-0.2, -0.15) is 9.67 Å². The number of hydrogen-bond acceptors (Lipinski definition) is 10. The molecule has 0 bridgehead atoms. The van der Waals surface area contributed by atoms with E-state index in [1.54, 1.807) is 25.2 Å². The molecular formula is C17H19FN8O3. The first-order valence-corrected chi connectivity index (χ1v) is 8.79. The topological polar surface area (TPSA) is 132 Å². The minimum absolute atomic E-state index is 0.0252. The molecule has 0 aliphatic carbocycles. The zero-order valence-electron chi connectivity index (χ0n) is 15.5. The van der Waals surface area contributed by atoms with Crippen LogP contribution in [-0.4, -0.2) is 68.8 Å². The van der Waals surface area contributed by atoms with Gasteiger partial charge in [-0.1, -0.05) is 0 Å². The van der Waals surface area contributed by atoms with Crippen molar-refractivity contribution in [1.29, 1.82) is 0 Å². The second kappa shape index (κ2) is 7.93. The Kier molecular flexibility index (Phi) is 5.18. The Morgan fingerprint density at radius 3 is 2.90 bits per heavy atom. The maximum atomic E-state index is 13.6. The monoisotopic (exact) mass is 402 g/mol. The van der Waals surface area contributed by atoms with Crippen LogP contribution in [0.1, 0.15) is 0 Å². The number of nitrogens with one attached hydrogen (secondary N) is 2. The molecule has 3 aromatic rings. The van der Waals surface area contributed by atoms with Crippen molar-refractivity contribution in [2.24, 2.45) is 5.41 Å². The highest BCUT2D eigenvalue weighted by molar-refractivity contribution is 5.62. The van der Waals surface area contributed by atoms with Crippen LogP contribution < -0.4 is 15.4 Å². The van der Waals surface area contributed by atoms with Crippen LogP contribution in [0, 0.1) is 11.2 Å². The minimum atomic E-state index is -0.547. The zero-order valence-corrected chi connectivity index (χ0v) is 15.5. The van der Waals surface area contributed by atoms with Crippen molar-refractivity contribution in [2.45, 2.75) is 0 Å². The van der Waals surface area contributed by atoms with Crippen LogP contribution in [0.5, 0.6) is 5.75 Å². The van der Waals surface area contributed by atoms with Gasteiger partial charge in [0.05, 0.1) is 31.4 Å². The molecule has 0 spiro atoms. The van der Waals surface area contributed by atoms with Crippen LogP contribution in [-0.2, 0) is 4.74 Å². The van der Waals surface area contributed by atoms with Gasteiger partial charge in [0.2, 0.25) is 5.95 Å². The lowest BCUT2D eigenvalue weighted by atomic mass is 9.88. The van der Waals surface area contributed by atoms with Gasteiger partial charge in [-0.25, -0.2) is 9.37 Å². The van der Waals surface area contributed by atoms with Gasteiger partial charge in [0.25, 0.3) is 0 Å². The number of rotatable bonds is 8. The molecular weight excluding hydrogens is 383 g/mol. The fraction of sp³-hybridized carbons (Fsp3) is 0.353. The number of aliphatic hydroxyl groups is 1. The van der Waals surface area contributed by atoms with E-state index in [1.807, 2.05) is 0 Å². The molecule has 152 valence electrons. The fourth-order valence-corrected chi connectivity index (χ4v) is 2.74. The Bertz CT molecular complexity index is 975. The van der Waals surface area contributed by atoms with Gasteiger partial charge in [0.15, 0.2) is 11.6 Å². The van der Waals surface area contributed by atoms with Gasteiger partial charge in [-0.05, 0) is 28.6 Å². The second-order valence-electron chi connectivity index (χ2n) is 6.64. The highest BCUT2D eigenvalue weighted by atomic mass is 19.1. The molecule has 1 fully saturated rings. The fourth-order valence-electron chi connectivity index (χ4n) is 2.74. The Morgan fingerprint density at radius 2 is 2.24 bits per heavy atom. The second-order valence-corrected chi connectivity index (χ2v) is 6.64. The van der Waals surface area contributed by atoms with Crippen molar-refractivity contribution in [1.82, 2.24) is 30.2 Å². The van der Waals surface area contributed by atoms with E-state index in [0.717, 1.165) is 6.20 Å². The summed E-state index contributed by atoms with van der Waals surface area (Å²) in [7, 11) is 1.57. The summed E-state index contributed by atoms with van der Waals surface area (Å²) in [6.07, 6.45) is 2.52. The highest BCUT2D eigenvalue weighted by Crippen LogP contribution is 2.32. The van der Waals surface area contributed by atoms with Crippen LogP contribution in [0.2, 0.25) is 0 Å². The number of anilines is 3. The summed E-state index contributed by atoms with van der Waals surface area (Å²) in [4.78, 5) is 8.01. The van der Waals surface area contributed by atoms with Gasteiger partial charge < -0.3 is 25.2 Å². The number of benzene rings is 1. The molecule has 0 atom stereocenters. The summed E-state index contributed by atoms with van der Waals surface area (Å²) < 4.78 is 26.2. The van der Waals surface area contributed by atoms with Crippen LogP contribution in [0.4, 0.5) is 21.8 Å². The van der Waals surface area contributed by atoms with Crippen molar-refractivity contribution in [3.05, 3.63) is 36.5 Å². The molecule has 3 heterocycles. The number of hydrogen-bond donors (Lipinski definition) is 3. The third-order valence-electron chi connectivity index (χ3n) is 4.48. The van der Waals surface area contributed by atoms with Crippen molar-refractivity contribution >= 4 is 17.5 Å². The Labute approximate surface area is 164 Å². The summed E-state index contributed by atoms with van der Waals surface area (Å²) in [5.41, 5.74) is 0.796. The predicted octanol–water partition coefficient (Wildman–Crippen LogP) is 0.764. The summed E-state index contributed by atoms with van der Waals surface area (Å²) in [5.74, 6) is 0.283. The number of aliphatic hydroxyl groups excluding tert-OH is 1. The molecule has 3 N–H and O–H groups in total. The summed E-state index contributed by atoms with van der Waals surface area (Å²) in [6.45, 7) is 1.15. The number of ether oxygens (including phenoxy) is 2. The molecule has 1 saturated heterocycles. The third kappa shape index (κ3) is 3.93. The molecule has 29 heavy (non-hydrogen) atoms. The number of aromatic nitrogens is 6. The molecule has 4 rings (SSSR count). The predicted molar refractivity (Wildman–Crippen MR) is 99.8 cm³/mol. The van der Waals surface area contributed by atoms with Crippen LogP contribution >= 0.6 is 0 Å². The Balaban J connectivity index is 1.59. The first-order chi connectivity index (χ1) is 14.1.